The van der Waals surface area contributed by atoms with Crippen molar-refractivity contribution in [3.8, 4) is 5.75 Å². The molecule has 0 amide bonds. The van der Waals surface area contributed by atoms with Gasteiger partial charge < -0.3 is 10.5 Å². The number of phenols is 1. The Bertz CT molecular complexity index is 767. The SMILES string of the molecule is C=CCc1cccc(/C=N/NCCN2CCN(Cc3ccccc3)CC2)c1O. The molecule has 1 heterocycles. The van der Waals surface area contributed by atoms with Crippen molar-refractivity contribution in [1.29, 1.82) is 0 Å². The summed E-state index contributed by atoms with van der Waals surface area (Å²) in [5.41, 5.74) is 6.07. The number of para-hydroxylation sites is 1. The van der Waals surface area contributed by atoms with Gasteiger partial charge in [-0.2, -0.15) is 5.10 Å². The molecule has 5 heteroatoms. The highest BCUT2D eigenvalue weighted by atomic mass is 16.3. The van der Waals surface area contributed by atoms with Crippen LogP contribution in [0.1, 0.15) is 16.7 Å². The quantitative estimate of drug-likeness (QED) is 0.305. The van der Waals surface area contributed by atoms with Gasteiger partial charge in [-0.25, -0.2) is 0 Å². The molecular formula is C23H30N4O. The molecular weight excluding hydrogens is 348 g/mol. The molecule has 2 aromatic carbocycles. The molecule has 28 heavy (non-hydrogen) atoms. The number of nitrogens with zero attached hydrogens (tertiary/aromatic N) is 3. The van der Waals surface area contributed by atoms with Gasteiger partial charge in [-0.15, -0.1) is 6.58 Å². The van der Waals surface area contributed by atoms with Crippen molar-refractivity contribution in [2.24, 2.45) is 5.10 Å². The number of aromatic hydroxyl groups is 1. The molecule has 3 rings (SSSR count). The third-order valence-electron chi connectivity index (χ3n) is 5.06. The standard InChI is InChI=1S/C23H30N4O/c1-2-7-21-10-6-11-22(23(21)28)18-25-24-12-13-26-14-16-27(17-15-26)19-20-8-4-3-5-9-20/h2-6,8-11,18,24,28H,1,7,12-17,19H2/b25-18+. The number of phenolic OH excluding ortho intramolecular Hbond substituents is 1. The monoisotopic (exact) mass is 378 g/mol. The molecule has 0 spiro atoms. The van der Waals surface area contributed by atoms with E-state index in [0.717, 1.165) is 56.9 Å². The van der Waals surface area contributed by atoms with Crippen molar-refractivity contribution >= 4 is 6.21 Å². The highest BCUT2D eigenvalue weighted by Gasteiger charge is 2.16. The van der Waals surface area contributed by atoms with E-state index < -0.39 is 0 Å². The summed E-state index contributed by atoms with van der Waals surface area (Å²) in [4.78, 5) is 4.97. The Morgan fingerprint density at radius 1 is 1.00 bits per heavy atom. The summed E-state index contributed by atoms with van der Waals surface area (Å²) in [5, 5.41) is 14.5. The van der Waals surface area contributed by atoms with Gasteiger partial charge in [0.15, 0.2) is 0 Å². The van der Waals surface area contributed by atoms with E-state index in [1.54, 1.807) is 12.3 Å². The third-order valence-corrected chi connectivity index (χ3v) is 5.06. The molecule has 0 unspecified atom stereocenters. The number of allylic oxidation sites excluding steroid dienone is 1. The molecule has 0 aromatic heterocycles. The van der Waals surface area contributed by atoms with E-state index in [9.17, 15) is 5.11 Å². The van der Waals surface area contributed by atoms with Gasteiger partial charge >= 0.3 is 0 Å². The summed E-state index contributed by atoms with van der Waals surface area (Å²) < 4.78 is 0. The Balaban J connectivity index is 1.36. The lowest BCUT2D eigenvalue weighted by molar-refractivity contribution is 0.128. The minimum absolute atomic E-state index is 0.280. The predicted molar refractivity (Wildman–Crippen MR) is 116 cm³/mol. The van der Waals surface area contributed by atoms with E-state index in [4.69, 9.17) is 0 Å². The number of hydrogen-bond donors (Lipinski definition) is 2. The van der Waals surface area contributed by atoms with Crippen molar-refractivity contribution in [3.63, 3.8) is 0 Å². The van der Waals surface area contributed by atoms with E-state index in [1.807, 2.05) is 18.2 Å². The lowest BCUT2D eigenvalue weighted by atomic mass is 10.1. The van der Waals surface area contributed by atoms with Crippen LogP contribution in [0.2, 0.25) is 0 Å². The van der Waals surface area contributed by atoms with Gasteiger partial charge in [0, 0.05) is 51.4 Å². The summed E-state index contributed by atoms with van der Waals surface area (Å²) in [6, 6.07) is 16.3. The third kappa shape index (κ3) is 5.94. The molecule has 0 saturated carbocycles. The average Bonchev–Trinajstić information content (AvgIpc) is 2.72. The van der Waals surface area contributed by atoms with Crippen LogP contribution in [0, 0.1) is 0 Å². The lowest BCUT2D eigenvalue weighted by Gasteiger charge is -2.34. The van der Waals surface area contributed by atoms with Crippen LogP contribution >= 0.6 is 0 Å². The van der Waals surface area contributed by atoms with Crippen molar-refractivity contribution in [2.75, 3.05) is 39.3 Å². The first kappa shape index (κ1) is 20.1. The lowest BCUT2D eigenvalue weighted by Crippen LogP contribution is -2.47. The van der Waals surface area contributed by atoms with E-state index in [2.05, 4.69) is 57.2 Å². The number of hydrazone groups is 1. The van der Waals surface area contributed by atoms with E-state index in [0.29, 0.717) is 6.42 Å². The fraction of sp³-hybridized carbons (Fsp3) is 0.348. The van der Waals surface area contributed by atoms with E-state index >= 15 is 0 Å². The second-order valence-corrected chi connectivity index (χ2v) is 7.12. The number of rotatable bonds is 9. The van der Waals surface area contributed by atoms with Gasteiger partial charge in [0.25, 0.3) is 0 Å². The van der Waals surface area contributed by atoms with Crippen molar-refractivity contribution in [1.82, 2.24) is 15.2 Å². The average molecular weight is 379 g/mol. The van der Waals surface area contributed by atoms with Gasteiger partial charge in [0.2, 0.25) is 0 Å². The number of piperazine rings is 1. The van der Waals surface area contributed by atoms with Crippen molar-refractivity contribution < 1.29 is 5.11 Å². The fourth-order valence-electron chi connectivity index (χ4n) is 3.44. The van der Waals surface area contributed by atoms with Crippen LogP contribution in [0.5, 0.6) is 5.75 Å². The van der Waals surface area contributed by atoms with Crippen molar-refractivity contribution in [2.45, 2.75) is 13.0 Å². The Morgan fingerprint density at radius 3 is 2.50 bits per heavy atom. The Morgan fingerprint density at radius 2 is 1.75 bits per heavy atom. The first-order valence-corrected chi connectivity index (χ1v) is 9.92. The molecule has 2 N–H and O–H groups in total. The Kier molecular flexibility index (Phi) is 7.64. The smallest absolute Gasteiger partial charge is 0.127 e. The molecule has 0 atom stereocenters. The minimum atomic E-state index is 0.280. The zero-order valence-electron chi connectivity index (χ0n) is 16.4. The van der Waals surface area contributed by atoms with Crippen LogP contribution < -0.4 is 5.43 Å². The van der Waals surface area contributed by atoms with Crippen LogP contribution in [-0.2, 0) is 13.0 Å². The molecule has 1 aliphatic heterocycles. The molecule has 148 valence electrons. The van der Waals surface area contributed by atoms with Gasteiger partial charge in [0.05, 0.1) is 6.21 Å². The second-order valence-electron chi connectivity index (χ2n) is 7.12. The largest absolute Gasteiger partial charge is 0.507 e. The predicted octanol–water partition coefficient (Wildman–Crippen LogP) is 2.86. The first-order valence-electron chi connectivity index (χ1n) is 9.92. The summed E-state index contributed by atoms with van der Waals surface area (Å²) >= 11 is 0. The van der Waals surface area contributed by atoms with Crippen LogP contribution in [0.15, 0.2) is 66.3 Å². The summed E-state index contributed by atoms with van der Waals surface area (Å²) in [6.07, 6.45) is 4.12. The zero-order valence-corrected chi connectivity index (χ0v) is 16.4. The molecule has 0 bridgehead atoms. The number of hydrogen-bond acceptors (Lipinski definition) is 5. The Hall–Kier alpha value is -2.63. The topological polar surface area (TPSA) is 51.1 Å². The van der Waals surface area contributed by atoms with Gasteiger partial charge in [0.1, 0.15) is 5.75 Å². The Labute approximate surface area is 168 Å². The minimum Gasteiger partial charge on any atom is -0.507 e. The van der Waals surface area contributed by atoms with Crippen LogP contribution in [0.4, 0.5) is 0 Å². The fourth-order valence-corrected chi connectivity index (χ4v) is 3.44. The van der Waals surface area contributed by atoms with E-state index in [1.165, 1.54) is 5.56 Å². The van der Waals surface area contributed by atoms with Gasteiger partial charge in [-0.3, -0.25) is 9.80 Å². The normalized spacial score (nSPS) is 15.7. The summed E-state index contributed by atoms with van der Waals surface area (Å²) in [6.45, 7) is 10.9. The molecule has 0 aliphatic carbocycles. The maximum atomic E-state index is 10.2. The van der Waals surface area contributed by atoms with Gasteiger partial charge in [-0.1, -0.05) is 48.5 Å². The van der Waals surface area contributed by atoms with Crippen LogP contribution in [0.3, 0.4) is 0 Å². The molecule has 1 aliphatic rings. The zero-order chi connectivity index (χ0) is 19.6. The molecule has 5 nitrogen and oxygen atoms in total. The molecule has 1 fully saturated rings. The number of nitrogens with one attached hydrogen (secondary N) is 1. The molecule has 1 saturated heterocycles. The molecule has 0 radical (unpaired) electrons. The van der Waals surface area contributed by atoms with Crippen LogP contribution in [-0.4, -0.2) is 60.4 Å². The summed E-state index contributed by atoms with van der Waals surface area (Å²) in [5.74, 6) is 0.280. The highest BCUT2D eigenvalue weighted by Crippen LogP contribution is 2.21. The van der Waals surface area contributed by atoms with Gasteiger partial charge in [-0.05, 0) is 23.6 Å². The molecule has 2 aromatic rings. The first-order chi connectivity index (χ1) is 13.8. The highest BCUT2D eigenvalue weighted by molar-refractivity contribution is 5.83. The summed E-state index contributed by atoms with van der Waals surface area (Å²) in [7, 11) is 0. The van der Waals surface area contributed by atoms with Crippen LogP contribution in [0.25, 0.3) is 0 Å². The number of benzene rings is 2. The maximum absolute atomic E-state index is 10.2. The van der Waals surface area contributed by atoms with E-state index in [-0.39, 0.29) is 5.75 Å². The second kappa shape index (κ2) is 10.6. The van der Waals surface area contributed by atoms with Crippen molar-refractivity contribution in [3.05, 3.63) is 77.9 Å². The maximum Gasteiger partial charge on any atom is 0.127 e.